The molecule has 0 aromatic heterocycles. The van der Waals surface area contributed by atoms with Gasteiger partial charge in [-0.1, -0.05) is 25.1 Å². The molecule has 10 nitrogen and oxygen atoms in total. The smallest absolute Gasteiger partial charge is 0.271 e. The molecule has 0 aliphatic carbocycles. The number of imide groups is 1. The number of nitrogens with one attached hydrogen (secondary N) is 1. The largest absolute Gasteiger partial charge is 0.495 e. The van der Waals surface area contributed by atoms with Crippen molar-refractivity contribution < 1.29 is 24.0 Å². The van der Waals surface area contributed by atoms with Gasteiger partial charge in [0.15, 0.2) is 0 Å². The maximum Gasteiger partial charge on any atom is 0.271 e. The fourth-order valence-corrected chi connectivity index (χ4v) is 6.79. The van der Waals surface area contributed by atoms with Crippen molar-refractivity contribution in [3.8, 4) is 5.75 Å². The van der Waals surface area contributed by atoms with Gasteiger partial charge in [-0.05, 0) is 37.4 Å². The molecule has 3 saturated heterocycles. The average Bonchev–Trinajstić information content (AvgIpc) is 3.56. The first kappa shape index (κ1) is 21.7. The molecule has 4 atom stereocenters. The van der Waals surface area contributed by atoms with E-state index in [9.17, 15) is 24.5 Å². The summed E-state index contributed by atoms with van der Waals surface area (Å²) in [4.78, 5) is 55.8. The van der Waals surface area contributed by atoms with Crippen LogP contribution in [-0.4, -0.2) is 47.2 Å². The van der Waals surface area contributed by atoms with E-state index in [4.69, 9.17) is 4.74 Å². The van der Waals surface area contributed by atoms with Crippen molar-refractivity contribution in [1.82, 2.24) is 4.90 Å². The zero-order valence-electron chi connectivity index (χ0n) is 19.3. The topological polar surface area (TPSA) is 122 Å². The van der Waals surface area contributed by atoms with Gasteiger partial charge in [-0.2, -0.15) is 0 Å². The molecule has 1 N–H and O–H groups in total. The lowest BCUT2D eigenvalue weighted by Gasteiger charge is -2.36. The number of methoxy groups -OCH3 is 1. The summed E-state index contributed by atoms with van der Waals surface area (Å²) >= 11 is 0. The van der Waals surface area contributed by atoms with Gasteiger partial charge in [0.25, 0.3) is 5.69 Å². The number of anilines is 2. The van der Waals surface area contributed by atoms with Gasteiger partial charge >= 0.3 is 0 Å². The minimum atomic E-state index is -1.29. The summed E-state index contributed by atoms with van der Waals surface area (Å²) in [5.41, 5.74) is 0.912. The molecule has 1 spiro atoms. The molecular weight excluding hydrogens is 452 g/mol. The Balaban J connectivity index is 1.55. The van der Waals surface area contributed by atoms with Crippen LogP contribution in [0.4, 0.5) is 17.1 Å². The van der Waals surface area contributed by atoms with Crippen LogP contribution in [0.15, 0.2) is 36.4 Å². The Morgan fingerprint density at radius 3 is 2.71 bits per heavy atom. The van der Waals surface area contributed by atoms with Crippen LogP contribution in [0, 0.1) is 22.0 Å². The third-order valence-electron chi connectivity index (χ3n) is 8.11. The number of hydrogen-bond acceptors (Lipinski definition) is 7. The normalized spacial score (nSPS) is 28.9. The molecule has 4 aliphatic rings. The molecule has 0 unspecified atom stereocenters. The van der Waals surface area contributed by atoms with Gasteiger partial charge in [0, 0.05) is 29.4 Å². The van der Waals surface area contributed by atoms with Crippen LogP contribution in [0.5, 0.6) is 5.75 Å². The number of amides is 3. The standard InChI is InChI=1S/C25H24N4O6/c1-3-13-6-4-7-15-21(13)26-24(32)25(15)20-19(16-8-5-11-27(16)25)22(30)28(23(20)31)17-12-14(29(33)34)9-10-18(17)35-2/h4,6-7,9-10,12,16,19-20H,3,5,8,11H2,1-2H3,(H,26,32)/t16-,19-,20-,25-/m0/s1. The Morgan fingerprint density at radius 2 is 2.00 bits per heavy atom. The molecular formula is C25H24N4O6. The second-order valence-corrected chi connectivity index (χ2v) is 9.45. The van der Waals surface area contributed by atoms with Crippen LogP contribution < -0.4 is 15.0 Å². The van der Waals surface area contributed by atoms with Gasteiger partial charge in [-0.15, -0.1) is 0 Å². The third-order valence-corrected chi connectivity index (χ3v) is 8.11. The molecule has 0 saturated carbocycles. The minimum Gasteiger partial charge on any atom is -0.495 e. The van der Waals surface area contributed by atoms with Gasteiger partial charge in [-0.3, -0.25) is 29.4 Å². The van der Waals surface area contributed by atoms with Crippen LogP contribution in [-0.2, 0) is 26.3 Å². The Hall–Kier alpha value is -3.79. The first-order valence-corrected chi connectivity index (χ1v) is 11.8. The molecule has 0 bridgehead atoms. The number of fused-ring (bicyclic) bond motifs is 7. The van der Waals surface area contributed by atoms with E-state index >= 15 is 0 Å². The number of aryl methyl sites for hydroxylation is 1. The summed E-state index contributed by atoms with van der Waals surface area (Å²) in [7, 11) is 1.38. The fourth-order valence-electron chi connectivity index (χ4n) is 6.79. The molecule has 4 heterocycles. The van der Waals surface area contributed by atoms with Gasteiger partial charge in [0.1, 0.15) is 17.0 Å². The van der Waals surface area contributed by atoms with Crippen molar-refractivity contribution >= 4 is 34.8 Å². The SMILES string of the molecule is CCc1cccc2c1NC(=O)[C@@]21[C@@H]2C(=O)N(c3cc([N+](=O)[O-])ccc3OC)C(=O)[C@H]2[C@@H]2CCCN21. The van der Waals surface area contributed by atoms with Crippen molar-refractivity contribution in [1.29, 1.82) is 0 Å². The number of non-ortho nitro benzene ring substituents is 1. The lowest BCUT2D eigenvalue weighted by Crippen LogP contribution is -2.54. The van der Waals surface area contributed by atoms with Crippen LogP contribution in [0.1, 0.15) is 30.9 Å². The number of carbonyl (C=O) groups is 3. The zero-order valence-corrected chi connectivity index (χ0v) is 19.3. The highest BCUT2D eigenvalue weighted by Gasteiger charge is 2.74. The Kier molecular flexibility index (Phi) is 4.56. The Morgan fingerprint density at radius 1 is 1.20 bits per heavy atom. The molecule has 6 rings (SSSR count). The molecule has 4 aliphatic heterocycles. The molecule has 180 valence electrons. The zero-order chi connectivity index (χ0) is 24.6. The van der Waals surface area contributed by atoms with Gasteiger partial charge in [0.2, 0.25) is 17.7 Å². The minimum absolute atomic E-state index is 0.0340. The number of nitro benzene ring substituents is 1. The number of hydrogen-bond donors (Lipinski definition) is 1. The summed E-state index contributed by atoms with van der Waals surface area (Å²) in [6.45, 7) is 2.62. The predicted octanol–water partition coefficient (Wildman–Crippen LogP) is 2.60. The lowest BCUT2D eigenvalue weighted by atomic mass is 9.75. The van der Waals surface area contributed by atoms with E-state index in [1.807, 2.05) is 25.1 Å². The molecule has 3 fully saturated rings. The second kappa shape index (κ2) is 7.35. The van der Waals surface area contributed by atoms with Crippen molar-refractivity contribution in [2.45, 2.75) is 37.8 Å². The van der Waals surface area contributed by atoms with E-state index in [0.717, 1.165) is 28.1 Å². The first-order chi connectivity index (χ1) is 16.9. The highest BCUT2D eigenvalue weighted by atomic mass is 16.6. The molecule has 0 radical (unpaired) electrons. The Bertz CT molecular complexity index is 1330. The van der Waals surface area contributed by atoms with Crippen molar-refractivity contribution in [3.63, 3.8) is 0 Å². The number of nitro groups is 1. The second-order valence-electron chi connectivity index (χ2n) is 9.45. The molecule has 2 aromatic carbocycles. The van der Waals surface area contributed by atoms with E-state index in [2.05, 4.69) is 10.2 Å². The van der Waals surface area contributed by atoms with Gasteiger partial charge < -0.3 is 10.1 Å². The lowest BCUT2D eigenvalue weighted by molar-refractivity contribution is -0.384. The number of para-hydroxylation sites is 1. The molecule has 2 aromatic rings. The summed E-state index contributed by atoms with van der Waals surface area (Å²) in [5.74, 6) is -2.74. The number of carbonyl (C=O) groups excluding carboxylic acids is 3. The molecule has 3 amide bonds. The van der Waals surface area contributed by atoms with Crippen LogP contribution in [0.2, 0.25) is 0 Å². The number of ether oxygens (including phenoxy) is 1. The molecule has 35 heavy (non-hydrogen) atoms. The summed E-state index contributed by atoms with van der Waals surface area (Å²) in [6, 6.07) is 9.28. The maximum atomic E-state index is 14.1. The first-order valence-electron chi connectivity index (χ1n) is 11.8. The quantitative estimate of drug-likeness (QED) is 0.409. The van der Waals surface area contributed by atoms with Gasteiger partial charge in [0.05, 0.1) is 23.9 Å². The van der Waals surface area contributed by atoms with Crippen molar-refractivity contribution in [3.05, 3.63) is 57.6 Å². The summed E-state index contributed by atoms with van der Waals surface area (Å²) < 4.78 is 5.36. The highest BCUT2D eigenvalue weighted by molar-refractivity contribution is 6.26. The van der Waals surface area contributed by atoms with E-state index < -0.39 is 34.1 Å². The monoisotopic (exact) mass is 476 g/mol. The molecule has 10 heteroatoms. The van der Waals surface area contributed by atoms with Gasteiger partial charge in [-0.25, -0.2) is 4.90 Å². The van der Waals surface area contributed by atoms with Crippen molar-refractivity contribution in [2.24, 2.45) is 11.8 Å². The summed E-state index contributed by atoms with van der Waals surface area (Å²) in [5, 5.41) is 14.5. The summed E-state index contributed by atoms with van der Waals surface area (Å²) in [6.07, 6.45) is 2.21. The maximum absolute atomic E-state index is 14.1. The number of nitrogens with zero attached hydrogens (tertiary/aromatic N) is 3. The number of rotatable bonds is 4. The Labute approximate surface area is 201 Å². The van der Waals surface area contributed by atoms with E-state index in [0.29, 0.717) is 19.4 Å². The van der Waals surface area contributed by atoms with E-state index in [1.54, 1.807) is 0 Å². The number of benzene rings is 2. The third kappa shape index (κ3) is 2.54. The van der Waals surface area contributed by atoms with Crippen LogP contribution in [0.3, 0.4) is 0 Å². The van der Waals surface area contributed by atoms with Crippen molar-refractivity contribution in [2.75, 3.05) is 23.9 Å². The average molecular weight is 476 g/mol. The van der Waals surface area contributed by atoms with Crippen LogP contribution >= 0.6 is 0 Å². The predicted molar refractivity (Wildman–Crippen MR) is 125 cm³/mol. The fraction of sp³-hybridized carbons (Fsp3) is 0.400. The van der Waals surface area contributed by atoms with Crippen LogP contribution in [0.25, 0.3) is 0 Å². The highest BCUT2D eigenvalue weighted by Crippen LogP contribution is 2.61. The van der Waals surface area contributed by atoms with E-state index in [-0.39, 0.29) is 29.1 Å². The van der Waals surface area contributed by atoms with E-state index in [1.165, 1.54) is 25.3 Å².